The summed E-state index contributed by atoms with van der Waals surface area (Å²) in [5.74, 6) is -1.62. The summed E-state index contributed by atoms with van der Waals surface area (Å²) in [4.78, 5) is 36.1. The number of fused-ring (bicyclic) bond motifs is 1. The molecule has 124 valence electrons. The largest absolute Gasteiger partial charge is 0.506 e. The molecule has 3 rings (SSSR count). The summed E-state index contributed by atoms with van der Waals surface area (Å²) in [6.07, 6.45) is 0.993. The van der Waals surface area contributed by atoms with Crippen LogP contribution in [0.15, 0.2) is 33.5 Å². The molecule has 0 unspecified atom stereocenters. The fourth-order valence-corrected chi connectivity index (χ4v) is 3.08. The van der Waals surface area contributed by atoms with Gasteiger partial charge >= 0.3 is 5.76 Å². The highest BCUT2D eigenvalue weighted by atomic mass is 16.4. The van der Waals surface area contributed by atoms with E-state index < -0.39 is 5.76 Å². The van der Waals surface area contributed by atoms with Gasteiger partial charge in [0.1, 0.15) is 11.3 Å². The number of nitrogens with zero attached hydrogens (tertiary/aromatic N) is 1. The molecule has 1 N–H and O–H groups in total. The standard InChI is InChI=1S/C18H17NO5/c1-9(2)19-16-10(3)11(7-8-14(16)24-18(19)23)17(22)15-12(20)5-4-6-13(15)21/h7-8,22H,1,4-6H2,2-3H3. The Bertz CT molecular complexity index is 969. The third-order valence-electron chi connectivity index (χ3n) is 4.24. The lowest BCUT2D eigenvalue weighted by molar-refractivity contribution is -0.123. The van der Waals surface area contributed by atoms with E-state index in [1.54, 1.807) is 19.9 Å². The number of aryl methyl sites for hydroxylation is 1. The maximum absolute atomic E-state index is 12.0. The molecule has 0 amide bonds. The number of benzene rings is 1. The molecule has 1 saturated carbocycles. The Balaban J connectivity index is 2.31. The van der Waals surface area contributed by atoms with Crippen molar-refractivity contribution < 1.29 is 19.1 Å². The molecule has 1 heterocycles. The molecule has 0 atom stereocenters. The maximum Gasteiger partial charge on any atom is 0.424 e. The van der Waals surface area contributed by atoms with Gasteiger partial charge in [0.25, 0.3) is 0 Å². The molecular weight excluding hydrogens is 310 g/mol. The van der Waals surface area contributed by atoms with Gasteiger partial charge < -0.3 is 9.52 Å². The minimum atomic E-state index is -0.574. The Morgan fingerprint density at radius 2 is 1.83 bits per heavy atom. The van der Waals surface area contributed by atoms with Crippen molar-refractivity contribution in [1.29, 1.82) is 0 Å². The quantitative estimate of drug-likeness (QED) is 0.520. The van der Waals surface area contributed by atoms with Crippen molar-refractivity contribution in [2.75, 3.05) is 0 Å². The van der Waals surface area contributed by atoms with E-state index in [0.717, 1.165) is 0 Å². The molecular formula is C18H17NO5. The van der Waals surface area contributed by atoms with Crippen molar-refractivity contribution >= 4 is 34.1 Å². The number of aliphatic hydroxyl groups is 1. The van der Waals surface area contributed by atoms with Crippen molar-refractivity contribution in [1.82, 2.24) is 4.57 Å². The first kappa shape index (κ1) is 16.0. The van der Waals surface area contributed by atoms with Crippen LogP contribution in [0.5, 0.6) is 0 Å². The summed E-state index contributed by atoms with van der Waals surface area (Å²) in [6, 6.07) is 3.08. The summed E-state index contributed by atoms with van der Waals surface area (Å²) >= 11 is 0. The Labute approximate surface area is 137 Å². The molecule has 1 aromatic carbocycles. The van der Waals surface area contributed by atoms with Crippen LogP contribution in [0.2, 0.25) is 0 Å². The van der Waals surface area contributed by atoms with Crippen LogP contribution in [-0.2, 0) is 9.59 Å². The Morgan fingerprint density at radius 3 is 2.42 bits per heavy atom. The smallest absolute Gasteiger partial charge is 0.424 e. The monoisotopic (exact) mass is 327 g/mol. The van der Waals surface area contributed by atoms with Crippen LogP contribution in [0.4, 0.5) is 0 Å². The fraction of sp³-hybridized carbons (Fsp3) is 0.278. The summed E-state index contributed by atoms with van der Waals surface area (Å²) in [6.45, 7) is 7.12. The third kappa shape index (κ3) is 2.31. The predicted octanol–water partition coefficient (Wildman–Crippen LogP) is 2.98. The zero-order valence-electron chi connectivity index (χ0n) is 13.5. The number of hydrogen-bond donors (Lipinski definition) is 1. The number of aliphatic hydroxyl groups excluding tert-OH is 1. The molecule has 6 nitrogen and oxygen atoms in total. The molecule has 0 aliphatic heterocycles. The van der Waals surface area contributed by atoms with Crippen LogP contribution >= 0.6 is 0 Å². The summed E-state index contributed by atoms with van der Waals surface area (Å²) < 4.78 is 6.48. The van der Waals surface area contributed by atoms with E-state index in [4.69, 9.17) is 4.42 Å². The van der Waals surface area contributed by atoms with Crippen LogP contribution in [0, 0.1) is 6.92 Å². The number of aromatic nitrogens is 1. The second-order valence-electron chi connectivity index (χ2n) is 5.95. The summed E-state index contributed by atoms with van der Waals surface area (Å²) in [5, 5.41) is 10.6. The molecule has 0 radical (unpaired) electrons. The second kappa shape index (κ2) is 5.63. The number of ketones is 2. The van der Waals surface area contributed by atoms with Gasteiger partial charge in [-0.3, -0.25) is 9.59 Å². The number of carbonyl (C=O) groups excluding carboxylic acids is 2. The van der Waals surface area contributed by atoms with Gasteiger partial charge in [-0.05, 0) is 38.0 Å². The molecule has 0 bridgehead atoms. The summed E-state index contributed by atoms with van der Waals surface area (Å²) in [5.41, 5.74) is 2.00. The predicted molar refractivity (Wildman–Crippen MR) is 89.6 cm³/mol. The fourth-order valence-electron chi connectivity index (χ4n) is 3.08. The van der Waals surface area contributed by atoms with Gasteiger partial charge in [-0.2, -0.15) is 0 Å². The van der Waals surface area contributed by atoms with Gasteiger partial charge in [-0.15, -0.1) is 0 Å². The van der Waals surface area contributed by atoms with E-state index in [-0.39, 0.29) is 35.7 Å². The SMILES string of the molecule is C=C(C)n1c(=O)oc2ccc(C(O)=C3C(=O)CCCC3=O)c(C)c21. The van der Waals surface area contributed by atoms with Gasteiger partial charge in [0.05, 0.1) is 5.52 Å². The van der Waals surface area contributed by atoms with Gasteiger partial charge in [0.15, 0.2) is 17.1 Å². The van der Waals surface area contributed by atoms with E-state index in [1.807, 2.05) is 0 Å². The van der Waals surface area contributed by atoms with Gasteiger partial charge in [-0.25, -0.2) is 9.36 Å². The first-order valence-corrected chi connectivity index (χ1v) is 7.64. The lowest BCUT2D eigenvalue weighted by Crippen LogP contribution is -2.20. The number of allylic oxidation sites excluding steroid dienone is 2. The molecule has 1 fully saturated rings. The van der Waals surface area contributed by atoms with Crippen LogP contribution in [0.3, 0.4) is 0 Å². The summed E-state index contributed by atoms with van der Waals surface area (Å²) in [7, 11) is 0. The van der Waals surface area contributed by atoms with E-state index in [2.05, 4.69) is 6.58 Å². The number of rotatable bonds is 2. The van der Waals surface area contributed by atoms with Crippen LogP contribution in [-0.4, -0.2) is 21.2 Å². The lowest BCUT2D eigenvalue weighted by atomic mass is 9.89. The minimum absolute atomic E-state index is 0.156. The topological polar surface area (TPSA) is 89.5 Å². The molecule has 1 aliphatic carbocycles. The van der Waals surface area contributed by atoms with Crippen LogP contribution in [0.1, 0.15) is 37.3 Å². The zero-order valence-corrected chi connectivity index (χ0v) is 13.5. The first-order chi connectivity index (χ1) is 11.3. The number of hydrogen-bond acceptors (Lipinski definition) is 5. The third-order valence-corrected chi connectivity index (χ3v) is 4.24. The van der Waals surface area contributed by atoms with Crippen LogP contribution < -0.4 is 5.76 Å². The molecule has 0 spiro atoms. The van der Waals surface area contributed by atoms with E-state index in [1.165, 1.54) is 10.6 Å². The van der Waals surface area contributed by atoms with Crippen molar-refractivity contribution in [3.05, 3.63) is 46.0 Å². The van der Waals surface area contributed by atoms with Crippen molar-refractivity contribution in [2.24, 2.45) is 0 Å². The van der Waals surface area contributed by atoms with E-state index in [0.29, 0.717) is 34.3 Å². The average Bonchev–Trinajstić information content (AvgIpc) is 2.84. The van der Waals surface area contributed by atoms with Crippen LogP contribution in [0.25, 0.3) is 22.6 Å². The molecule has 1 aromatic heterocycles. The molecule has 1 aliphatic rings. The lowest BCUT2D eigenvalue weighted by Gasteiger charge is -2.15. The normalized spacial score (nSPS) is 15.2. The average molecular weight is 327 g/mol. The number of oxazole rings is 1. The second-order valence-corrected chi connectivity index (χ2v) is 5.95. The Hall–Kier alpha value is -2.89. The highest BCUT2D eigenvalue weighted by Gasteiger charge is 2.28. The molecule has 0 saturated heterocycles. The Kier molecular flexibility index (Phi) is 3.75. The van der Waals surface area contributed by atoms with Crippen molar-refractivity contribution in [2.45, 2.75) is 33.1 Å². The highest BCUT2D eigenvalue weighted by Crippen LogP contribution is 2.30. The first-order valence-electron chi connectivity index (χ1n) is 7.64. The van der Waals surface area contributed by atoms with E-state index in [9.17, 15) is 19.5 Å². The zero-order chi connectivity index (χ0) is 17.6. The van der Waals surface area contributed by atoms with E-state index >= 15 is 0 Å². The minimum Gasteiger partial charge on any atom is -0.506 e. The van der Waals surface area contributed by atoms with Crippen molar-refractivity contribution in [3.63, 3.8) is 0 Å². The Morgan fingerprint density at radius 1 is 1.21 bits per heavy atom. The number of Topliss-reactive ketones (excluding diaryl/α,β-unsaturated/α-hetero) is 2. The molecule has 24 heavy (non-hydrogen) atoms. The molecule has 6 heteroatoms. The molecule has 2 aromatic rings. The van der Waals surface area contributed by atoms with Crippen molar-refractivity contribution in [3.8, 4) is 0 Å². The number of carbonyl (C=O) groups is 2. The van der Waals surface area contributed by atoms with Gasteiger partial charge in [0, 0.05) is 24.1 Å². The van der Waals surface area contributed by atoms with Gasteiger partial charge in [-0.1, -0.05) is 6.58 Å². The maximum atomic E-state index is 12.0. The highest BCUT2D eigenvalue weighted by molar-refractivity contribution is 6.25. The van der Waals surface area contributed by atoms with Gasteiger partial charge in [0.2, 0.25) is 0 Å².